The van der Waals surface area contributed by atoms with Crippen LogP contribution in [0.3, 0.4) is 0 Å². The second kappa shape index (κ2) is 7.15. The van der Waals surface area contributed by atoms with Gasteiger partial charge in [0.2, 0.25) is 10.0 Å². The van der Waals surface area contributed by atoms with Crippen molar-refractivity contribution in [1.82, 2.24) is 14.6 Å². The summed E-state index contributed by atoms with van der Waals surface area (Å²) in [6.07, 6.45) is 6.15. The molecule has 1 aliphatic heterocycles. The van der Waals surface area contributed by atoms with Crippen LogP contribution in [0.4, 0.5) is 5.82 Å². The first-order chi connectivity index (χ1) is 11.0. The SMILES string of the molecule is CN1CCCC(CNc2ccc(S(=O)(=O)NCC3CC3)cn2)C1. The maximum Gasteiger partial charge on any atom is 0.242 e. The van der Waals surface area contributed by atoms with Crippen molar-refractivity contribution in [1.29, 1.82) is 0 Å². The van der Waals surface area contributed by atoms with Crippen molar-refractivity contribution in [2.24, 2.45) is 11.8 Å². The molecule has 2 fully saturated rings. The minimum Gasteiger partial charge on any atom is -0.370 e. The molecule has 3 rings (SSSR count). The molecule has 2 aliphatic rings. The maximum absolute atomic E-state index is 12.1. The summed E-state index contributed by atoms with van der Waals surface area (Å²) < 4.78 is 26.9. The Bertz CT molecular complexity index is 613. The van der Waals surface area contributed by atoms with Crippen molar-refractivity contribution < 1.29 is 8.42 Å². The average molecular weight is 338 g/mol. The second-order valence-electron chi connectivity index (χ2n) is 6.83. The first kappa shape index (κ1) is 16.7. The standard InChI is InChI=1S/C16H26N4O2S/c1-20-8-2-3-14(12-20)9-17-16-7-6-15(11-18-16)23(21,22)19-10-13-4-5-13/h6-7,11,13-14,19H,2-5,8-10,12H2,1H3,(H,17,18). The number of sulfonamides is 1. The Kier molecular flexibility index (Phi) is 5.18. The molecule has 1 aromatic heterocycles. The third kappa shape index (κ3) is 4.89. The van der Waals surface area contributed by atoms with Crippen molar-refractivity contribution in [3.05, 3.63) is 18.3 Å². The van der Waals surface area contributed by atoms with Crippen molar-refractivity contribution in [2.45, 2.75) is 30.6 Å². The van der Waals surface area contributed by atoms with Crippen LogP contribution in [0.5, 0.6) is 0 Å². The smallest absolute Gasteiger partial charge is 0.242 e. The molecule has 0 spiro atoms. The van der Waals surface area contributed by atoms with Gasteiger partial charge in [0.05, 0.1) is 0 Å². The summed E-state index contributed by atoms with van der Waals surface area (Å²) in [6.45, 7) is 3.70. The molecule has 1 aromatic rings. The van der Waals surface area contributed by atoms with Gasteiger partial charge in [-0.15, -0.1) is 0 Å². The van der Waals surface area contributed by atoms with Gasteiger partial charge in [0.1, 0.15) is 10.7 Å². The van der Waals surface area contributed by atoms with Gasteiger partial charge in [0, 0.05) is 25.8 Å². The molecule has 2 heterocycles. The van der Waals surface area contributed by atoms with Gasteiger partial charge in [-0.25, -0.2) is 18.1 Å². The molecule has 7 heteroatoms. The molecule has 0 radical (unpaired) electrons. The maximum atomic E-state index is 12.1. The fourth-order valence-corrected chi connectivity index (χ4v) is 4.03. The summed E-state index contributed by atoms with van der Waals surface area (Å²) in [5, 5.41) is 3.32. The second-order valence-corrected chi connectivity index (χ2v) is 8.59. The zero-order valence-electron chi connectivity index (χ0n) is 13.7. The zero-order chi connectivity index (χ0) is 16.3. The number of hydrogen-bond donors (Lipinski definition) is 2. The molecule has 128 valence electrons. The van der Waals surface area contributed by atoms with Crippen LogP contribution in [0.2, 0.25) is 0 Å². The summed E-state index contributed by atoms with van der Waals surface area (Å²) in [4.78, 5) is 6.84. The van der Waals surface area contributed by atoms with Crippen LogP contribution in [-0.4, -0.2) is 51.5 Å². The normalized spacial score (nSPS) is 22.9. The van der Waals surface area contributed by atoms with Crippen LogP contribution in [-0.2, 0) is 10.0 Å². The van der Waals surface area contributed by atoms with E-state index >= 15 is 0 Å². The predicted molar refractivity (Wildman–Crippen MR) is 90.9 cm³/mol. The fraction of sp³-hybridized carbons (Fsp3) is 0.688. The van der Waals surface area contributed by atoms with Crippen LogP contribution < -0.4 is 10.0 Å². The first-order valence-electron chi connectivity index (χ1n) is 8.41. The minimum absolute atomic E-state index is 0.237. The summed E-state index contributed by atoms with van der Waals surface area (Å²) in [5.74, 6) is 1.88. The minimum atomic E-state index is -3.42. The highest BCUT2D eigenvalue weighted by Crippen LogP contribution is 2.28. The van der Waals surface area contributed by atoms with Gasteiger partial charge in [-0.2, -0.15) is 0 Å². The van der Waals surface area contributed by atoms with Crippen molar-refractivity contribution in [2.75, 3.05) is 38.5 Å². The highest BCUT2D eigenvalue weighted by atomic mass is 32.2. The van der Waals surface area contributed by atoms with Gasteiger partial charge < -0.3 is 10.2 Å². The molecule has 2 N–H and O–H groups in total. The van der Waals surface area contributed by atoms with Crippen LogP contribution in [0.1, 0.15) is 25.7 Å². The van der Waals surface area contributed by atoms with Gasteiger partial charge in [-0.1, -0.05) is 0 Å². The molecular weight excluding hydrogens is 312 g/mol. The monoisotopic (exact) mass is 338 g/mol. The van der Waals surface area contributed by atoms with E-state index < -0.39 is 10.0 Å². The Hall–Kier alpha value is -1.18. The lowest BCUT2D eigenvalue weighted by molar-refractivity contribution is 0.217. The summed E-state index contributed by atoms with van der Waals surface area (Å²) >= 11 is 0. The third-order valence-corrected chi connectivity index (χ3v) is 6.01. The Morgan fingerprint density at radius 3 is 2.70 bits per heavy atom. The third-order valence-electron chi connectivity index (χ3n) is 4.60. The molecule has 23 heavy (non-hydrogen) atoms. The van der Waals surface area contributed by atoms with Crippen molar-refractivity contribution in [3.63, 3.8) is 0 Å². The van der Waals surface area contributed by atoms with Crippen LogP contribution >= 0.6 is 0 Å². The van der Waals surface area contributed by atoms with E-state index in [2.05, 4.69) is 27.0 Å². The van der Waals surface area contributed by atoms with E-state index in [4.69, 9.17) is 0 Å². The van der Waals surface area contributed by atoms with E-state index in [1.54, 1.807) is 12.1 Å². The number of pyridine rings is 1. The fourth-order valence-electron chi connectivity index (χ4n) is 2.97. The van der Waals surface area contributed by atoms with Gasteiger partial charge >= 0.3 is 0 Å². The number of nitrogens with zero attached hydrogens (tertiary/aromatic N) is 2. The number of piperidine rings is 1. The van der Waals surface area contributed by atoms with Gasteiger partial charge in [-0.05, 0) is 63.2 Å². The van der Waals surface area contributed by atoms with Crippen LogP contribution in [0.25, 0.3) is 0 Å². The Morgan fingerprint density at radius 2 is 2.04 bits per heavy atom. The number of anilines is 1. The lowest BCUT2D eigenvalue weighted by Gasteiger charge is -2.29. The Labute approximate surface area is 138 Å². The lowest BCUT2D eigenvalue weighted by atomic mass is 9.98. The van der Waals surface area contributed by atoms with E-state index in [1.807, 2.05) is 0 Å². The molecular formula is C16H26N4O2S. The number of hydrogen-bond acceptors (Lipinski definition) is 5. The lowest BCUT2D eigenvalue weighted by Crippen LogP contribution is -2.35. The molecule has 0 bridgehead atoms. The van der Waals surface area contributed by atoms with E-state index in [1.165, 1.54) is 25.6 Å². The average Bonchev–Trinajstić information content (AvgIpc) is 3.36. The van der Waals surface area contributed by atoms with Crippen molar-refractivity contribution >= 4 is 15.8 Å². The molecule has 0 amide bonds. The van der Waals surface area contributed by atoms with E-state index in [9.17, 15) is 8.42 Å². The van der Waals surface area contributed by atoms with E-state index in [-0.39, 0.29) is 4.90 Å². The Balaban J connectivity index is 1.51. The first-order valence-corrected chi connectivity index (χ1v) is 9.89. The van der Waals surface area contributed by atoms with E-state index in [0.717, 1.165) is 31.7 Å². The molecule has 1 aliphatic carbocycles. The van der Waals surface area contributed by atoms with Crippen LogP contribution in [0.15, 0.2) is 23.2 Å². The summed E-state index contributed by atoms with van der Waals surface area (Å²) in [6, 6.07) is 3.37. The highest BCUT2D eigenvalue weighted by Gasteiger charge is 2.24. The molecule has 0 aromatic carbocycles. The van der Waals surface area contributed by atoms with Gasteiger partial charge in [-0.3, -0.25) is 0 Å². The van der Waals surface area contributed by atoms with E-state index in [0.29, 0.717) is 18.4 Å². The number of aromatic nitrogens is 1. The molecule has 1 saturated heterocycles. The number of likely N-dealkylation sites (tertiary alicyclic amines) is 1. The predicted octanol–water partition coefficient (Wildman–Crippen LogP) is 1.52. The molecule has 1 unspecified atom stereocenters. The topological polar surface area (TPSA) is 74.3 Å². The molecule has 1 atom stereocenters. The zero-order valence-corrected chi connectivity index (χ0v) is 14.5. The number of nitrogens with one attached hydrogen (secondary N) is 2. The van der Waals surface area contributed by atoms with Crippen molar-refractivity contribution in [3.8, 4) is 0 Å². The molecule has 6 nitrogen and oxygen atoms in total. The molecule has 1 saturated carbocycles. The Morgan fingerprint density at radius 1 is 1.22 bits per heavy atom. The largest absolute Gasteiger partial charge is 0.370 e. The van der Waals surface area contributed by atoms with Crippen LogP contribution in [0, 0.1) is 11.8 Å². The summed E-state index contributed by atoms with van der Waals surface area (Å²) in [5.41, 5.74) is 0. The summed E-state index contributed by atoms with van der Waals surface area (Å²) in [7, 11) is -1.27. The van der Waals surface area contributed by atoms with Gasteiger partial charge in [0.15, 0.2) is 0 Å². The number of rotatable bonds is 7. The quantitative estimate of drug-likeness (QED) is 0.788. The highest BCUT2D eigenvalue weighted by molar-refractivity contribution is 7.89. The van der Waals surface area contributed by atoms with Gasteiger partial charge in [0.25, 0.3) is 0 Å².